The zero-order chi connectivity index (χ0) is 12.2. The number of para-hydroxylation sites is 1. The van der Waals surface area contributed by atoms with Gasteiger partial charge in [0.1, 0.15) is 0 Å². The second kappa shape index (κ2) is 4.75. The molecule has 0 fully saturated rings. The lowest BCUT2D eigenvalue weighted by Crippen LogP contribution is -1.97. The van der Waals surface area contributed by atoms with Crippen molar-refractivity contribution in [1.29, 1.82) is 0 Å². The van der Waals surface area contributed by atoms with E-state index in [0.29, 0.717) is 0 Å². The number of nitrogens with zero attached hydrogens (tertiary/aromatic N) is 3. The Balaban J connectivity index is 1.70. The molecular formula is C13H13N5. The van der Waals surface area contributed by atoms with E-state index in [-0.39, 0.29) is 0 Å². The molecule has 2 heterocycles. The number of rotatable bonds is 4. The van der Waals surface area contributed by atoms with Crippen molar-refractivity contribution < 1.29 is 0 Å². The van der Waals surface area contributed by atoms with Crippen molar-refractivity contribution in [2.75, 3.05) is 5.32 Å². The van der Waals surface area contributed by atoms with Gasteiger partial charge in [-0.05, 0) is 12.1 Å². The maximum absolute atomic E-state index is 4.34. The summed E-state index contributed by atoms with van der Waals surface area (Å²) in [6.07, 6.45) is 7.45. The van der Waals surface area contributed by atoms with Crippen molar-refractivity contribution >= 4 is 5.69 Å². The SMILES string of the molecule is c1ccc(-n2cc(CNc3cn[nH]c3)cn2)cc1. The monoisotopic (exact) mass is 239 g/mol. The van der Waals surface area contributed by atoms with Gasteiger partial charge in [0.2, 0.25) is 0 Å². The van der Waals surface area contributed by atoms with Crippen LogP contribution >= 0.6 is 0 Å². The van der Waals surface area contributed by atoms with Gasteiger partial charge in [-0.2, -0.15) is 10.2 Å². The molecule has 0 aliphatic heterocycles. The summed E-state index contributed by atoms with van der Waals surface area (Å²) in [6.45, 7) is 0.729. The van der Waals surface area contributed by atoms with Gasteiger partial charge >= 0.3 is 0 Å². The number of hydrogen-bond acceptors (Lipinski definition) is 3. The summed E-state index contributed by atoms with van der Waals surface area (Å²) in [4.78, 5) is 0. The highest BCUT2D eigenvalue weighted by molar-refractivity contribution is 5.38. The number of hydrogen-bond donors (Lipinski definition) is 2. The van der Waals surface area contributed by atoms with Crippen molar-refractivity contribution in [3.8, 4) is 5.69 Å². The van der Waals surface area contributed by atoms with Crippen molar-refractivity contribution in [2.45, 2.75) is 6.54 Å². The first-order chi connectivity index (χ1) is 8.92. The molecule has 0 aliphatic carbocycles. The van der Waals surface area contributed by atoms with Gasteiger partial charge in [-0.15, -0.1) is 0 Å². The first-order valence-corrected chi connectivity index (χ1v) is 5.73. The highest BCUT2D eigenvalue weighted by atomic mass is 15.3. The molecule has 3 aromatic rings. The summed E-state index contributed by atoms with van der Waals surface area (Å²) in [7, 11) is 0. The molecule has 90 valence electrons. The van der Waals surface area contributed by atoms with Gasteiger partial charge < -0.3 is 5.32 Å². The molecule has 0 aliphatic rings. The molecule has 0 atom stereocenters. The van der Waals surface area contributed by atoms with Crippen LogP contribution in [0, 0.1) is 0 Å². The first kappa shape index (κ1) is 10.6. The zero-order valence-electron chi connectivity index (χ0n) is 9.74. The number of aromatic amines is 1. The molecule has 0 amide bonds. The average Bonchev–Trinajstić information content (AvgIpc) is 3.09. The molecule has 0 saturated heterocycles. The van der Waals surface area contributed by atoms with Crippen molar-refractivity contribution in [2.24, 2.45) is 0 Å². The largest absolute Gasteiger partial charge is 0.378 e. The lowest BCUT2D eigenvalue weighted by atomic mass is 10.3. The van der Waals surface area contributed by atoms with Crippen LogP contribution in [0.5, 0.6) is 0 Å². The van der Waals surface area contributed by atoms with Crippen molar-refractivity contribution in [3.05, 3.63) is 60.7 Å². The fraction of sp³-hybridized carbons (Fsp3) is 0.0769. The molecule has 0 bridgehead atoms. The van der Waals surface area contributed by atoms with Crippen molar-refractivity contribution in [3.63, 3.8) is 0 Å². The van der Waals surface area contributed by atoms with Gasteiger partial charge in [-0.3, -0.25) is 5.10 Å². The number of nitrogens with one attached hydrogen (secondary N) is 2. The standard InChI is InChI=1S/C13H13N5/c1-2-4-13(5-3-1)18-10-11(7-17-18)6-14-12-8-15-16-9-12/h1-5,7-10,14H,6H2,(H,15,16). The van der Waals surface area contributed by atoms with Gasteiger partial charge in [0.05, 0.1) is 23.8 Å². The lowest BCUT2D eigenvalue weighted by molar-refractivity contribution is 0.880. The Labute approximate surface area is 104 Å². The van der Waals surface area contributed by atoms with Gasteiger partial charge in [-0.25, -0.2) is 4.68 Å². The molecule has 5 heteroatoms. The number of benzene rings is 1. The molecule has 0 radical (unpaired) electrons. The maximum Gasteiger partial charge on any atom is 0.0726 e. The van der Waals surface area contributed by atoms with E-state index in [1.165, 1.54) is 0 Å². The summed E-state index contributed by atoms with van der Waals surface area (Å²) in [5, 5.41) is 14.2. The molecule has 0 spiro atoms. The molecule has 3 rings (SSSR count). The van der Waals surface area contributed by atoms with Crippen LogP contribution in [-0.4, -0.2) is 20.0 Å². The number of aromatic nitrogens is 4. The third kappa shape index (κ3) is 2.24. The summed E-state index contributed by atoms with van der Waals surface area (Å²) >= 11 is 0. The molecular weight excluding hydrogens is 226 g/mol. The first-order valence-electron chi connectivity index (χ1n) is 5.73. The third-order valence-corrected chi connectivity index (χ3v) is 2.65. The van der Waals surface area contributed by atoms with Crippen molar-refractivity contribution in [1.82, 2.24) is 20.0 Å². The molecule has 5 nitrogen and oxygen atoms in total. The highest BCUT2D eigenvalue weighted by Gasteiger charge is 2.00. The van der Waals surface area contributed by atoms with Crippen LogP contribution in [0.4, 0.5) is 5.69 Å². The van der Waals surface area contributed by atoms with E-state index in [4.69, 9.17) is 0 Å². The predicted octanol–water partition coefficient (Wildman–Crippen LogP) is 2.21. The van der Waals surface area contributed by atoms with Crippen LogP contribution in [0.15, 0.2) is 55.1 Å². The van der Waals surface area contributed by atoms with E-state index in [1.54, 1.807) is 6.20 Å². The average molecular weight is 239 g/mol. The van der Waals surface area contributed by atoms with Gasteiger partial charge in [0.25, 0.3) is 0 Å². The van der Waals surface area contributed by atoms with Gasteiger partial charge in [0.15, 0.2) is 0 Å². The van der Waals surface area contributed by atoms with E-state index in [0.717, 1.165) is 23.5 Å². The minimum absolute atomic E-state index is 0.729. The number of H-pyrrole nitrogens is 1. The smallest absolute Gasteiger partial charge is 0.0726 e. The highest BCUT2D eigenvalue weighted by Crippen LogP contribution is 2.09. The van der Waals surface area contributed by atoms with E-state index in [2.05, 4.69) is 20.6 Å². The Bertz CT molecular complexity index is 597. The molecule has 0 saturated carbocycles. The molecule has 18 heavy (non-hydrogen) atoms. The van der Waals surface area contributed by atoms with Crippen LogP contribution in [0.25, 0.3) is 5.69 Å². The Kier molecular flexibility index (Phi) is 2.79. The van der Waals surface area contributed by atoms with Crippen LogP contribution < -0.4 is 5.32 Å². The Morgan fingerprint density at radius 3 is 2.83 bits per heavy atom. The normalized spacial score (nSPS) is 10.4. The zero-order valence-corrected chi connectivity index (χ0v) is 9.74. The fourth-order valence-electron chi connectivity index (χ4n) is 1.72. The summed E-state index contributed by atoms with van der Waals surface area (Å²) in [5.41, 5.74) is 3.16. The molecule has 1 aromatic carbocycles. The Morgan fingerprint density at radius 1 is 1.17 bits per heavy atom. The Morgan fingerprint density at radius 2 is 2.06 bits per heavy atom. The quantitative estimate of drug-likeness (QED) is 0.733. The topological polar surface area (TPSA) is 58.5 Å². The molecule has 2 aromatic heterocycles. The second-order valence-electron chi connectivity index (χ2n) is 3.97. The minimum Gasteiger partial charge on any atom is -0.378 e. The fourth-order valence-corrected chi connectivity index (χ4v) is 1.72. The van der Waals surface area contributed by atoms with E-state index in [9.17, 15) is 0 Å². The maximum atomic E-state index is 4.34. The molecule has 2 N–H and O–H groups in total. The van der Waals surface area contributed by atoms with Crippen LogP contribution in [0.2, 0.25) is 0 Å². The van der Waals surface area contributed by atoms with E-state index >= 15 is 0 Å². The Hall–Kier alpha value is -2.56. The lowest BCUT2D eigenvalue weighted by Gasteiger charge is -2.00. The van der Waals surface area contributed by atoms with Crippen LogP contribution in [0.1, 0.15) is 5.56 Å². The molecule has 0 unspecified atom stereocenters. The van der Waals surface area contributed by atoms with E-state index < -0.39 is 0 Å². The van der Waals surface area contributed by atoms with E-state index in [1.807, 2.05) is 53.6 Å². The summed E-state index contributed by atoms with van der Waals surface area (Å²) in [5.74, 6) is 0. The van der Waals surface area contributed by atoms with Gasteiger partial charge in [0, 0.05) is 24.5 Å². The predicted molar refractivity (Wildman–Crippen MR) is 69.5 cm³/mol. The minimum atomic E-state index is 0.729. The summed E-state index contributed by atoms with van der Waals surface area (Å²) in [6, 6.07) is 10.1. The second-order valence-corrected chi connectivity index (χ2v) is 3.97. The van der Waals surface area contributed by atoms with Crippen LogP contribution in [0.3, 0.4) is 0 Å². The third-order valence-electron chi connectivity index (χ3n) is 2.65. The summed E-state index contributed by atoms with van der Waals surface area (Å²) < 4.78 is 1.87. The van der Waals surface area contributed by atoms with Crippen LogP contribution in [-0.2, 0) is 6.54 Å². The van der Waals surface area contributed by atoms with Gasteiger partial charge in [-0.1, -0.05) is 18.2 Å². The number of anilines is 1.